The van der Waals surface area contributed by atoms with Gasteiger partial charge >= 0.3 is 6.09 Å². The summed E-state index contributed by atoms with van der Waals surface area (Å²) < 4.78 is 32.7. The Bertz CT molecular complexity index is 1550. The predicted octanol–water partition coefficient (Wildman–Crippen LogP) is 4.72. The number of aliphatic hydroxyl groups is 2. The molecule has 2 amide bonds. The zero-order valence-corrected chi connectivity index (χ0v) is 32.7. The molecule has 0 aromatic heterocycles. The van der Waals surface area contributed by atoms with Crippen LogP contribution < -0.4 is 10.6 Å². The van der Waals surface area contributed by atoms with E-state index in [9.17, 15) is 19.8 Å². The quantitative estimate of drug-likeness (QED) is 0.0943. The van der Waals surface area contributed by atoms with Gasteiger partial charge in [-0.1, -0.05) is 78.9 Å². The second-order valence-corrected chi connectivity index (χ2v) is 14.8. The van der Waals surface area contributed by atoms with E-state index >= 15 is 0 Å². The Hall–Kier alpha value is -3.88. The molecule has 1 aliphatic carbocycles. The lowest BCUT2D eigenvalue weighted by Crippen LogP contribution is -2.48. The van der Waals surface area contributed by atoms with Gasteiger partial charge in [-0.2, -0.15) is 0 Å². The highest BCUT2D eigenvalue weighted by Gasteiger charge is 2.35. The maximum Gasteiger partial charge on any atom is 0.407 e. The highest BCUT2D eigenvalue weighted by Crippen LogP contribution is 2.32. The number of carbonyl (C=O) groups is 2. The second-order valence-electron chi connectivity index (χ2n) is 14.8. The van der Waals surface area contributed by atoms with Gasteiger partial charge in [-0.3, -0.25) is 4.79 Å². The van der Waals surface area contributed by atoms with Crippen molar-refractivity contribution >= 4 is 12.0 Å². The molecule has 0 fully saturated rings. The highest BCUT2D eigenvalue weighted by atomic mass is 16.6. The van der Waals surface area contributed by atoms with Crippen LogP contribution in [-0.4, -0.2) is 106 Å². The van der Waals surface area contributed by atoms with Crippen LogP contribution in [0.15, 0.2) is 78.9 Å². The lowest BCUT2D eigenvalue weighted by Gasteiger charge is -2.30. The van der Waals surface area contributed by atoms with Crippen molar-refractivity contribution < 1.29 is 48.2 Å². The fourth-order valence-electron chi connectivity index (χ4n) is 6.42. The first-order chi connectivity index (χ1) is 26.5. The molecule has 4 rings (SSSR count). The van der Waals surface area contributed by atoms with Crippen LogP contribution in [0.5, 0.6) is 0 Å². The van der Waals surface area contributed by atoms with Crippen LogP contribution in [0.2, 0.25) is 0 Å². The number of carbonyl (C=O) groups excluding carboxylic acids is 2. The van der Waals surface area contributed by atoms with E-state index in [-0.39, 0.29) is 12.3 Å². The minimum atomic E-state index is -1.09. The Morgan fingerprint density at radius 3 is 1.95 bits per heavy atom. The number of hydrogen-bond acceptors (Lipinski definition) is 10. The van der Waals surface area contributed by atoms with Crippen LogP contribution in [0.25, 0.3) is 0 Å². The van der Waals surface area contributed by atoms with Crippen LogP contribution in [0, 0.1) is 5.92 Å². The van der Waals surface area contributed by atoms with Crippen molar-refractivity contribution in [2.75, 3.05) is 60.0 Å². The van der Waals surface area contributed by atoms with Gasteiger partial charge in [0.1, 0.15) is 5.60 Å². The monoisotopic (exact) mass is 764 g/mol. The molecular weight excluding hydrogens is 704 g/mol. The Labute approximate surface area is 325 Å². The van der Waals surface area contributed by atoms with E-state index in [0.717, 1.165) is 27.8 Å². The van der Waals surface area contributed by atoms with Gasteiger partial charge in [0.15, 0.2) is 0 Å². The third-order valence-corrected chi connectivity index (χ3v) is 9.19. The molecule has 3 aromatic carbocycles. The van der Waals surface area contributed by atoms with E-state index in [0.29, 0.717) is 78.7 Å². The summed E-state index contributed by atoms with van der Waals surface area (Å²) in [5.74, 6) is -0.969. The maximum atomic E-state index is 14.1. The zero-order chi connectivity index (χ0) is 39.5. The summed E-state index contributed by atoms with van der Waals surface area (Å²) in [5, 5.41) is 28.6. The first-order valence-corrected chi connectivity index (χ1v) is 19.2. The minimum absolute atomic E-state index is 0.0572. The van der Waals surface area contributed by atoms with Crippen LogP contribution in [0.1, 0.15) is 61.1 Å². The highest BCUT2D eigenvalue weighted by molar-refractivity contribution is 5.80. The summed E-state index contributed by atoms with van der Waals surface area (Å²) in [7, 11) is 1.64. The summed E-state index contributed by atoms with van der Waals surface area (Å²) >= 11 is 0. The van der Waals surface area contributed by atoms with Gasteiger partial charge in [-0.05, 0) is 67.9 Å². The van der Waals surface area contributed by atoms with Gasteiger partial charge in [0.05, 0.1) is 83.8 Å². The smallest absolute Gasteiger partial charge is 0.407 e. The fourth-order valence-corrected chi connectivity index (χ4v) is 6.42. The molecule has 0 radical (unpaired) electrons. The molecule has 0 spiro atoms. The van der Waals surface area contributed by atoms with Crippen molar-refractivity contribution in [2.24, 2.45) is 5.92 Å². The van der Waals surface area contributed by atoms with Crippen molar-refractivity contribution in [2.45, 2.75) is 83.0 Å². The molecule has 3 aromatic rings. The van der Waals surface area contributed by atoms with Crippen molar-refractivity contribution in [3.8, 4) is 0 Å². The van der Waals surface area contributed by atoms with E-state index in [2.05, 4.69) is 10.6 Å². The summed E-state index contributed by atoms with van der Waals surface area (Å²) in [4.78, 5) is 27.0. The van der Waals surface area contributed by atoms with Crippen LogP contribution in [0.3, 0.4) is 0 Å². The molecule has 12 nitrogen and oxygen atoms in total. The molecule has 0 heterocycles. The van der Waals surface area contributed by atoms with Gasteiger partial charge in [0.25, 0.3) is 0 Å². The van der Waals surface area contributed by atoms with Gasteiger partial charge < -0.3 is 49.3 Å². The number of nitrogens with one attached hydrogen (secondary N) is 2. The van der Waals surface area contributed by atoms with Crippen molar-refractivity contribution in [3.63, 3.8) is 0 Å². The number of methoxy groups -OCH3 is 1. The number of aliphatic hydroxyl groups excluding tert-OH is 2. The molecule has 12 heteroatoms. The molecule has 0 saturated heterocycles. The molecule has 0 saturated carbocycles. The number of alkyl carbamates (subject to hydrolysis) is 1. The van der Waals surface area contributed by atoms with Gasteiger partial charge in [0.2, 0.25) is 5.91 Å². The Kier molecular flexibility index (Phi) is 18.5. The van der Waals surface area contributed by atoms with Gasteiger partial charge in [0, 0.05) is 19.4 Å². The van der Waals surface area contributed by atoms with Crippen molar-refractivity contribution in [3.05, 3.63) is 107 Å². The number of amides is 2. The van der Waals surface area contributed by atoms with Crippen LogP contribution in [-0.2, 0) is 59.1 Å². The summed E-state index contributed by atoms with van der Waals surface area (Å²) in [6.45, 7) is 9.69. The lowest BCUT2D eigenvalue weighted by molar-refractivity contribution is -0.127. The second kappa shape index (κ2) is 23.2. The van der Waals surface area contributed by atoms with Crippen molar-refractivity contribution in [1.29, 1.82) is 0 Å². The molecule has 55 heavy (non-hydrogen) atoms. The molecule has 0 unspecified atom stereocenters. The Balaban J connectivity index is 1.36. The number of hydrogen-bond donors (Lipinski definition) is 4. The number of ether oxygens (including phenoxy) is 6. The average molecular weight is 765 g/mol. The van der Waals surface area contributed by atoms with Gasteiger partial charge in [-0.25, -0.2) is 4.79 Å². The minimum Gasteiger partial charge on any atom is -0.444 e. The molecule has 5 atom stereocenters. The van der Waals surface area contributed by atoms with Crippen LogP contribution >= 0.6 is 0 Å². The van der Waals surface area contributed by atoms with E-state index in [1.54, 1.807) is 27.9 Å². The third-order valence-electron chi connectivity index (χ3n) is 9.19. The van der Waals surface area contributed by atoms with Gasteiger partial charge in [-0.15, -0.1) is 0 Å². The summed E-state index contributed by atoms with van der Waals surface area (Å²) in [6.07, 6.45) is -1.33. The van der Waals surface area contributed by atoms with E-state index < -0.39 is 41.9 Å². The summed E-state index contributed by atoms with van der Waals surface area (Å²) in [6, 6.07) is 23.8. The maximum absolute atomic E-state index is 14.1. The largest absolute Gasteiger partial charge is 0.444 e. The topological polar surface area (TPSA) is 154 Å². The van der Waals surface area contributed by atoms with E-state index in [4.69, 9.17) is 28.4 Å². The molecule has 0 aliphatic heterocycles. The zero-order valence-electron chi connectivity index (χ0n) is 32.7. The average Bonchev–Trinajstić information content (AvgIpc) is 3.47. The molecule has 0 bridgehead atoms. The SMILES string of the molecule is COCCOCCOCCOCCOCc1ccc(C[C@H](C[C@H](O)[C@H](Cc2ccccc2)NC(=O)OC(C)(C)C)C(=O)N[C@H]2c3ccccc3C[C@H]2O)cc1. The number of rotatable bonds is 24. The fraction of sp³-hybridized carbons (Fsp3) is 0.535. The first-order valence-electron chi connectivity index (χ1n) is 19.2. The standard InChI is InChI=1S/C43H60N2O10/c1-43(2,3)55-42(49)44-37(27-31-10-6-5-7-11-31)38(46)29-35(41(48)45-40-36-13-9-8-12-34(36)28-39(40)47)26-32-14-16-33(17-15-32)30-54-25-24-53-23-22-52-21-20-51-19-18-50-4/h5-17,35,37-40,46-47H,18-30H2,1-4H3,(H,44,49)(H,45,48)/t35-,37+,38+,39-,40+/m1/s1. The third kappa shape index (κ3) is 16.0. The normalized spacial score (nSPS) is 16.9. The number of benzene rings is 3. The molecule has 302 valence electrons. The summed E-state index contributed by atoms with van der Waals surface area (Å²) in [5.41, 5.74) is 3.94. The van der Waals surface area contributed by atoms with Crippen molar-refractivity contribution in [1.82, 2.24) is 10.6 Å². The molecule has 1 aliphatic rings. The lowest BCUT2D eigenvalue weighted by atomic mass is 9.88. The first kappa shape index (κ1) is 43.8. The molecule has 4 N–H and O–H groups in total. The Morgan fingerprint density at radius 2 is 1.31 bits per heavy atom. The number of fused-ring (bicyclic) bond motifs is 1. The molecular formula is C43H60N2O10. The van der Waals surface area contributed by atoms with Crippen LogP contribution in [0.4, 0.5) is 4.79 Å². The Morgan fingerprint density at radius 1 is 0.745 bits per heavy atom. The predicted molar refractivity (Wildman–Crippen MR) is 209 cm³/mol. The van der Waals surface area contributed by atoms with E-state index in [1.807, 2.05) is 78.9 Å². The van der Waals surface area contributed by atoms with E-state index in [1.165, 1.54) is 0 Å².